The minimum atomic E-state index is -1.05. The van der Waals surface area contributed by atoms with Crippen molar-refractivity contribution in [3.8, 4) is 11.1 Å². The number of nitrogens with zero attached hydrogens (tertiary/aromatic N) is 2. The van der Waals surface area contributed by atoms with Crippen LogP contribution >= 0.6 is 0 Å². The summed E-state index contributed by atoms with van der Waals surface area (Å²) in [4.78, 5) is 36.9. The van der Waals surface area contributed by atoms with Crippen LogP contribution in [0.5, 0.6) is 0 Å². The summed E-state index contributed by atoms with van der Waals surface area (Å²) in [5.41, 5.74) is 4.52. The fourth-order valence-electron chi connectivity index (χ4n) is 4.67. The largest absolute Gasteiger partial charge is 0.481 e. The van der Waals surface area contributed by atoms with Crippen molar-refractivity contribution < 1.29 is 29.0 Å². The van der Waals surface area contributed by atoms with Crippen LogP contribution in [0.4, 0.5) is 10.6 Å². The molecule has 10 nitrogen and oxygen atoms in total. The van der Waals surface area contributed by atoms with Gasteiger partial charge < -0.3 is 19.9 Å². The van der Waals surface area contributed by atoms with Crippen molar-refractivity contribution in [3.63, 3.8) is 0 Å². The number of aryl methyl sites for hydroxylation is 1. The molecular weight excluding hydrogens is 452 g/mol. The van der Waals surface area contributed by atoms with Crippen LogP contribution in [0.2, 0.25) is 0 Å². The van der Waals surface area contributed by atoms with Crippen molar-refractivity contribution in [2.24, 2.45) is 13.0 Å². The van der Waals surface area contributed by atoms with Crippen molar-refractivity contribution in [2.45, 2.75) is 12.0 Å². The third-order valence-corrected chi connectivity index (χ3v) is 6.46. The number of aromatic nitrogens is 2. The molecule has 0 bridgehead atoms. The molecule has 3 N–H and O–H groups in total. The first-order valence-corrected chi connectivity index (χ1v) is 11.2. The van der Waals surface area contributed by atoms with Gasteiger partial charge in [-0.2, -0.15) is 5.10 Å². The second-order valence-corrected chi connectivity index (χ2v) is 8.54. The zero-order chi connectivity index (χ0) is 24.5. The highest BCUT2D eigenvalue weighted by Gasteiger charge is 2.36. The molecule has 10 heteroatoms. The average Bonchev–Trinajstić information content (AvgIpc) is 3.54. The number of fused-ring (bicyclic) bond motifs is 3. The molecule has 2 unspecified atom stereocenters. The lowest BCUT2D eigenvalue weighted by molar-refractivity contribution is -0.142. The van der Waals surface area contributed by atoms with E-state index in [0.717, 1.165) is 22.3 Å². The molecule has 1 saturated heterocycles. The first kappa shape index (κ1) is 22.6. The van der Waals surface area contributed by atoms with Crippen molar-refractivity contribution in [1.29, 1.82) is 0 Å². The van der Waals surface area contributed by atoms with E-state index in [4.69, 9.17) is 9.47 Å². The fraction of sp³-hybridized carbons (Fsp3) is 0.280. The van der Waals surface area contributed by atoms with E-state index in [1.54, 1.807) is 7.05 Å². The van der Waals surface area contributed by atoms with Gasteiger partial charge in [0.2, 0.25) is 0 Å². The van der Waals surface area contributed by atoms with Gasteiger partial charge in [-0.3, -0.25) is 19.6 Å². The van der Waals surface area contributed by atoms with Gasteiger partial charge in [-0.1, -0.05) is 48.5 Å². The monoisotopic (exact) mass is 476 g/mol. The summed E-state index contributed by atoms with van der Waals surface area (Å²) in [7, 11) is 1.58. The van der Waals surface area contributed by atoms with Crippen LogP contribution in [0.1, 0.15) is 27.4 Å². The predicted molar refractivity (Wildman–Crippen MR) is 125 cm³/mol. The van der Waals surface area contributed by atoms with Gasteiger partial charge in [0.15, 0.2) is 0 Å². The van der Waals surface area contributed by atoms with E-state index in [2.05, 4.69) is 27.9 Å². The summed E-state index contributed by atoms with van der Waals surface area (Å²) < 4.78 is 12.1. The normalized spacial score (nSPS) is 18.5. The molecule has 5 rings (SSSR count). The molecule has 0 radical (unpaired) electrons. The number of benzene rings is 2. The van der Waals surface area contributed by atoms with Gasteiger partial charge in [0, 0.05) is 13.0 Å². The molecule has 0 saturated carbocycles. The molecule has 1 aliphatic carbocycles. The molecule has 2 aliphatic rings. The Labute approximate surface area is 200 Å². The number of amides is 2. The number of anilines is 1. The highest BCUT2D eigenvalue weighted by atomic mass is 16.5. The summed E-state index contributed by atoms with van der Waals surface area (Å²) in [6.07, 6.45) is 0.581. The SMILES string of the molecule is Cn1ncc(C(=O)NC2COCC2C(=O)O)c1NC(=O)OCC1c2ccccc2-c2ccccc21. The van der Waals surface area contributed by atoms with Gasteiger partial charge in [-0.25, -0.2) is 4.79 Å². The molecule has 2 heterocycles. The maximum Gasteiger partial charge on any atom is 0.412 e. The van der Waals surface area contributed by atoms with Crippen LogP contribution in [-0.2, 0) is 21.3 Å². The van der Waals surface area contributed by atoms with Gasteiger partial charge in [0.05, 0.1) is 25.5 Å². The number of nitrogens with one attached hydrogen (secondary N) is 2. The molecule has 1 aliphatic heterocycles. The number of carbonyl (C=O) groups is 3. The first-order chi connectivity index (χ1) is 16.9. The molecule has 0 spiro atoms. The predicted octanol–water partition coefficient (Wildman–Crippen LogP) is 2.61. The van der Waals surface area contributed by atoms with Crippen molar-refractivity contribution in [1.82, 2.24) is 15.1 Å². The molecule has 1 fully saturated rings. The lowest BCUT2D eigenvalue weighted by atomic mass is 9.98. The molecule has 3 aromatic rings. The summed E-state index contributed by atoms with van der Waals surface area (Å²) in [5.74, 6) is -2.40. The van der Waals surface area contributed by atoms with Gasteiger partial charge in [-0.05, 0) is 22.3 Å². The minimum Gasteiger partial charge on any atom is -0.481 e. The molecule has 1 aromatic heterocycles. The van der Waals surface area contributed by atoms with Crippen LogP contribution in [0.3, 0.4) is 0 Å². The molecule has 35 heavy (non-hydrogen) atoms. The minimum absolute atomic E-state index is 0.0260. The zero-order valence-electron chi connectivity index (χ0n) is 18.9. The van der Waals surface area contributed by atoms with E-state index in [0.29, 0.717) is 0 Å². The highest BCUT2D eigenvalue weighted by molar-refractivity contribution is 6.02. The van der Waals surface area contributed by atoms with Crippen molar-refractivity contribution in [2.75, 3.05) is 25.1 Å². The standard InChI is InChI=1S/C25H24N4O6/c1-29-22(18(10-26-29)23(30)27-21-13-34-11-20(21)24(31)32)28-25(33)35-12-19-16-8-4-2-6-14(16)15-7-3-5-9-17(15)19/h2-10,19-21H,11-13H2,1H3,(H,27,30)(H,28,33)(H,31,32). The number of carbonyl (C=O) groups excluding carboxylic acids is 2. The van der Waals surface area contributed by atoms with E-state index in [1.807, 2.05) is 36.4 Å². The Bertz CT molecular complexity index is 1260. The maximum absolute atomic E-state index is 12.8. The molecule has 2 aromatic carbocycles. The average molecular weight is 476 g/mol. The fourth-order valence-corrected chi connectivity index (χ4v) is 4.67. The Kier molecular flexibility index (Phi) is 5.96. The Balaban J connectivity index is 1.27. The number of hydrogen-bond donors (Lipinski definition) is 3. The molecule has 2 amide bonds. The number of carboxylic acids is 1. The number of rotatable bonds is 6. The van der Waals surface area contributed by atoms with Crippen LogP contribution in [-0.4, -0.2) is 58.7 Å². The molecule has 2 atom stereocenters. The Morgan fingerprint density at radius 2 is 1.74 bits per heavy atom. The second-order valence-electron chi connectivity index (χ2n) is 8.54. The van der Waals surface area contributed by atoms with E-state index in [1.165, 1.54) is 10.9 Å². The van der Waals surface area contributed by atoms with E-state index >= 15 is 0 Å². The Hall–Kier alpha value is -4.18. The van der Waals surface area contributed by atoms with Gasteiger partial charge >= 0.3 is 12.1 Å². The quantitative estimate of drug-likeness (QED) is 0.498. The third kappa shape index (κ3) is 4.24. The number of hydrogen-bond acceptors (Lipinski definition) is 6. The Morgan fingerprint density at radius 3 is 2.40 bits per heavy atom. The first-order valence-electron chi connectivity index (χ1n) is 11.2. The highest BCUT2D eigenvalue weighted by Crippen LogP contribution is 2.44. The summed E-state index contributed by atoms with van der Waals surface area (Å²) in [5, 5.41) is 18.6. The lowest BCUT2D eigenvalue weighted by Gasteiger charge is -2.17. The summed E-state index contributed by atoms with van der Waals surface area (Å²) >= 11 is 0. The van der Waals surface area contributed by atoms with Gasteiger partial charge in [0.25, 0.3) is 5.91 Å². The number of carboxylic acid groups (broad SMARTS) is 1. The summed E-state index contributed by atoms with van der Waals surface area (Å²) in [6, 6.07) is 15.4. The smallest absolute Gasteiger partial charge is 0.412 e. The van der Waals surface area contributed by atoms with Crippen molar-refractivity contribution in [3.05, 3.63) is 71.4 Å². The maximum atomic E-state index is 12.8. The lowest BCUT2D eigenvalue weighted by Crippen LogP contribution is -2.42. The van der Waals surface area contributed by atoms with E-state index in [9.17, 15) is 19.5 Å². The van der Waals surface area contributed by atoms with Crippen LogP contribution in [0.15, 0.2) is 54.7 Å². The Morgan fingerprint density at radius 1 is 1.09 bits per heavy atom. The number of ether oxygens (including phenoxy) is 2. The zero-order valence-corrected chi connectivity index (χ0v) is 18.9. The van der Waals surface area contributed by atoms with E-state index in [-0.39, 0.29) is 37.1 Å². The van der Waals surface area contributed by atoms with Gasteiger partial charge in [0.1, 0.15) is 23.9 Å². The van der Waals surface area contributed by atoms with Crippen LogP contribution < -0.4 is 10.6 Å². The number of aliphatic carboxylic acids is 1. The molecule has 180 valence electrons. The topological polar surface area (TPSA) is 132 Å². The molecular formula is C25H24N4O6. The van der Waals surface area contributed by atoms with E-state index < -0.39 is 29.9 Å². The second kappa shape index (κ2) is 9.22. The summed E-state index contributed by atoms with van der Waals surface area (Å²) in [6.45, 7) is 0.245. The third-order valence-electron chi connectivity index (χ3n) is 6.46. The van der Waals surface area contributed by atoms with Gasteiger partial charge in [-0.15, -0.1) is 0 Å². The van der Waals surface area contributed by atoms with Crippen LogP contribution in [0.25, 0.3) is 11.1 Å². The van der Waals surface area contributed by atoms with Crippen molar-refractivity contribution >= 4 is 23.8 Å². The van der Waals surface area contributed by atoms with Crippen LogP contribution in [0, 0.1) is 5.92 Å².